The van der Waals surface area contributed by atoms with Gasteiger partial charge in [0.05, 0.1) is 10.6 Å². The molecule has 11 nitrogen and oxygen atoms in total. The molecule has 49 heavy (non-hydrogen) atoms. The Labute approximate surface area is 290 Å². The van der Waals surface area contributed by atoms with E-state index in [2.05, 4.69) is 15.4 Å². The summed E-state index contributed by atoms with van der Waals surface area (Å²) in [5.41, 5.74) is 2.66. The van der Waals surface area contributed by atoms with Gasteiger partial charge in [0.2, 0.25) is 0 Å². The lowest BCUT2D eigenvalue weighted by Gasteiger charge is -2.16. The summed E-state index contributed by atoms with van der Waals surface area (Å²) in [7, 11) is -7.97. The molecule has 0 bridgehead atoms. The van der Waals surface area contributed by atoms with E-state index in [-0.39, 0.29) is 70.4 Å². The lowest BCUT2D eigenvalue weighted by Crippen LogP contribution is -2.39. The molecule has 0 saturated carbocycles. The van der Waals surface area contributed by atoms with Crippen LogP contribution in [0.15, 0.2) is 89.9 Å². The number of fused-ring (bicyclic) bond motifs is 1. The van der Waals surface area contributed by atoms with Crippen molar-refractivity contribution in [3.05, 3.63) is 118 Å². The van der Waals surface area contributed by atoms with E-state index in [0.29, 0.717) is 15.9 Å². The minimum Gasteiger partial charge on any atom is -0.336 e. The fourth-order valence-electron chi connectivity index (χ4n) is 5.62. The van der Waals surface area contributed by atoms with Crippen LogP contribution in [0.5, 0.6) is 0 Å². The second kappa shape index (κ2) is 14.4. The fraction of sp³-hybridized carbons (Fsp3) is 0.229. The molecule has 0 radical (unpaired) electrons. The van der Waals surface area contributed by atoms with E-state index < -0.39 is 25.8 Å². The zero-order chi connectivity index (χ0) is 35.5. The number of urea groups is 1. The van der Waals surface area contributed by atoms with Crippen molar-refractivity contribution in [3.63, 3.8) is 0 Å². The number of rotatable bonds is 11. The highest BCUT2D eigenvalue weighted by Crippen LogP contribution is 2.36. The summed E-state index contributed by atoms with van der Waals surface area (Å²) >= 11 is 6.42. The molecule has 0 aliphatic heterocycles. The van der Waals surface area contributed by atoms with Gasteiger partial charge in [-0.05, 0) is 60.9 Å². The minimum atomic E-state index is -4.51. The van der Waals surface area contributed by atoms with Crippen LogP contribution in [0.3, 0.4) is 0 Å². The normalized spacial score (nSPS) is 13.4. The summed E-state index contributed by atoms with van der Waals surface area (Å²) < 4.78 is 54.8. The van der Waals surface area contributed by atoms with Crippen molar-refractivity contribution in [1.29, 1.82) is 0 Å². The third-order valence-electron chi connectivity index (χ3n) is 7.58. The molecule has 5 rings (SSSR count). The number of nitrogens with zero attached hydrogens (tertiary/aromatic N) is 1. The van der Waals surface area contributed by atoms with Crippen LogP contribution in [0.1, 0.15) is 53.0 Å². The molecule has 0 fully saturated rings. The van der Waals surface area contributed by atoms with Gasteiger partial charge in [0.15, 0.2) is 15.6 Å². The molecule has 3 N–H and O–H groups in total. The second-order valence-electron chi connectivity index (χ2n) is 12.1. The third-order valence-corrected chi connectivity index (χ3v) is 10.0. The Morgan fingerprint density at radius 2 is 1.65 bits per heavy atom. The maximum absolute atomic E-state index is 14.3. The SMILES string of the molecule is CC(C)NC(=O)NCc1cccc(Cn2c(C(=O)NS(=O)(=O)c3cccc(CS(C)(=O)=O)c3)c(C3=CC=CCC3=O)c3cc(Cl)ccc32)c1. The summed E-state index contributed by atoms with van der Waals surface area (Å²) in [4.78, 5) is 39.4. The van der Waals surface area contributed by atoms with Crippen molar-refractivity contribution in [2.75, 3.05) is 6.26 Å². The number of carbonyl (C=O) groups is 3. The quantitative estimate of drug-likeness (QED) is 0.194. The van der Waals surface area contributed by atoms with Crippen molar-refractivity contribution in [2.24, 2.45) is 0 Å². The van der Waals surface area contributed by atoms with Crippen LogP contribution in [-0.4, -0.2) is 51.4 Å². The monoisotopic (exact) mass is 722 g/mol. The van der Waals surface area contributed by atoms with Crippen LogP contribution in [0.4, 0.5) is 4.79 Å². The van der Waals surface area contributed by atoms with Gasteiger partial charge >= 0.3 is 6.03 Å². The minimum absolute atomic E-state index is 0.0393. The van der Waals surface area contributed by atoms with Gasteiger partial charge in [-0.25, -0.2) is 26.4 Å². The largest absolute Gasteiger partial charge is 0.336 e. The third kappa shape index (κ3) is 8.66. The summed E-state index contributed by atoms with van der Waals surface area (Å²) in [5, 5.41) is 6.40. The van der Waals surface area contributed by atoms with Crippen molar-refractivity contribution >= 4 is 65.7 Å². The van der Waals surface area contributed by atoms with Crippen LogP contribution in [0, 0.1) is 0 Å². The van der Waals surface area contributed by atoms with Crippen molar-refractivity contribution in [1.82, 2.24) is 19.9 Å². The van der Waals surface area contributed by atoms with Gasteiger partial charge in [-0.1, -0.05) is 66.2 Å². The number of halogens is 1. The number of benzene rings is 3. The van der Waals surface area contributed by atoms with E-state index in [9.17, 15) is 31.2 Å². The Balaban J connectivity index is 1.61. The molecule has 3 amide bonds. The number of sulfone groups is 1. The van der Waals surface area contributed by atoms with Gasteiger partial charge in [0, 0.05) is 58.9 Å². The highest BCUT2D eigenvalue weighted by atomic mass is 35.5. The first-order valence-corrected chi connectivity index (χ1v) is 19.2. The van der Waals surface area contributed by atoms with E-state index in [1.165, 1.54) is 24.3 Å². The van der Waals surface area contributed by atoms with Crippen LogP contribution in [-0.2, 0) is 43.5 Å². The Morgan fingerprint density at radius 3 is 2.37 bits per heavy atom. The summed E-state index contributed by atoms with van der Waals surface area (Å²) in [6, 6.07) is 17.3. The number of aromatic nitrogens is 1. The number of hydrogen-bond donors (Lipinski definition) is 3. The van der Waals surface area contributed by atoms with E-state index in [1.54, 1.807) is 41.0 Å². The highest BCUT2D eigenvalue weighted by Gasteiger charge is 2.31. The number of amides is 3. The number of Topliss-reactive ketones (excluding diaryl/α,β-unsaturated/α-hetero) is 1. The average Bonchev–Trinajstić information content (AvgIpc) is 3.32. The average molecular weight is 723 g/mol. The maximum atomic E-state index is 14.3. The molecule has 14 heteroatoms. The molecule has 0 saturated heterocycles. The van der Waals surface area contributed by atoms with Crippen molar-refractivity contribution in [3.8, 4) is 0 Å². The van der Waals surface area contributed by atoms with Gasteiger partial charge in [-0.2, -0.15) is 0 Å². The molecule has 1 heterocycles. The van der Waals surface area contributed by atoms with Crippen molar-refractivity contribution in [2.45, 2.75) is 50.0 Å². The maximum Gasteiger partial charge on any atom is 0.315 e. The fourth-order valence-corrected chi connectivity index (χ4v) is 7.60. The standard InChI is InChI=1S/C35H35ClN4O7S2/c1-22(2)38-35(43)37-19-23-8-6-9-24(16-23)20-40-30-15-14-26(36)18-29(30)32(28-12-4-5-13-31(28)41)33(40)34(42)39-49(46,47)27-11-7-10-25(17-27)21-48(3,44)45/h4-12,14-18,22H,13,19-21H2,1-3H3,(H,39,42)(H2,37,38,43). The van der Waals surface area contributed by atoms with E-state index >= 15 is 0 Å². The molecule has 1 aromatic heterocycles. The van der Waals surface area contributed by atoms with E-state index in [0.717, 1.165) is 17.4 Å². The van der Waals surface area contributed by atoms with E-state index in [1.807, 2.05) is 38.1 Å². The molecule has 3 aromatic carbocycles. The first-order chi connectivity index (χ1) is 23.1. The van der Waals surface area contributed by atoms with Crippen molar-refractivity contribution < 1.29 is 31.2 Å². The first-order valence-electron chi connectivity index (χ1n) is 15.3. The first kappa shape index (κ1) is 35.6. The number of sulfonamides is 1. The predicted molar refractivity (Wildman–Crippen MR) is 189 cm³/mol. The number of carbonyl (C=O) groups excluding carboxylic acids is 3. The second-order valence-corrected chi connectivity index (χ2v) is 16.3. The zero-order valence-corrected chi connectivity index (χ0v) is 29.4. The molecule has 1 aliphatic carbocycles. The van der Waals surface area contributed by atoms with Crippen LogP contribution in [0.2, 0.25) is 5.02 Å². The van der Waals surface area contributed by atoms with Gasteiger partial charge in [-0.3, -0.25) is 9.59 Å². The van der Waals surface area contributed by atoms with Crippen LogP contribution >= 0.6 is 11.6 Å². The molecule has 0 spiro atoms. The zero-order valence-electron chi connectivity index (χ0n) is 27.0. The molecular weight excluding hydrogens is 688 g/mol. The van der Waals surface area contributed by atoms with Gasteiger partial charge in [0.25, 0.3) is 15.9 Å². The molecule has 1 aliphatic rings. The molecule has 256 valence electrons. The number of ketones is 1. The number of allylic oxidation sites excluding steroid dienone is 4. The van der Waals surface area contributed by atoms with Gasteiger partial charge in [-0.15, -0.1) is 0 Å². The lowest BCUT2D eigenvalue weighted by molar-refractivity contribution is -0.113. The Kier molecular flexibility index (Phi) is 10.5. The summed E-state index contributed by atoms with van der Waals surface area (Å²) in [5.74, 6) is -1.65. The smallest absolute Gasteiger partial charge is 0.315 e. The topological polar surface area (TPSA) is 161 Å². The Hall–Kier alpha value is -4.72. The summed E-state index contributed by atoms with van der Waals surface area (Å²) in [6.07, 6.45) is 6.09. The van der Waals surface area contributed by atoms with Crippen LogP contribution < -0.4 is 15.4 Å². The van der Waals surface area contributed by atoms with Gasteiger partial charge in [0.1, 0.15) is 5.69 Å². The number of nitrogens with one attached hydrogen (secondary N) is 3. The molecular formula is C35H35ClN4O7S2. The Bertz CT molecular complexity index is 2260. The predicted octanol–water partition coefficient (Wildman–Crippen LogP) is 5.13. The van der Waals surface area contributed by atoms with E-state index in [4.69, 9.17) is 11.6 Å². The molecule has 4 aromatic rings. The van der Waals surface area contributed by atoms with Gasteiger partial charge < -0.3 is 15.2 Å². The highest BCUT2D eigenvalue weighted by molar-refractivity contribution is 7.90. The lowest BCUT2D eigenvalue weighted by atomic mass is 9.93. The number of hydrogen-bond acceptors (Lipinski definition) is 7. The summed E-state index contributed by atoms with van der Waals surface area (Å²) in [6.45, 7) is 4.03. The Morgan fingerprint density at radius 1 is 0.939 bits per heavy atom. The molecule has 0 atom stereocenters. The molecule has 0 unspecified atom stereocenters. The van der Waals surface area contributed by atoms with Crippen LogP contribution in [0.25, 0.3) is 16.5 Å².